The van der Waals surface area contributed by atoms with Gasteiger partial charge in [0.1, 0.15) is 5.75 Å². The second-order valence-corrected chi connectivity index (χ2v) is 5.87. The van der Waals surface area contributed by atoms with Crippen molar-refractivity contribution in [2.75, 3.05) is 7.11 Å². The maximum atomic E-state index is 13.0. The quantitative estimate of drug-likeness (QED) is 0.682. The van der Waals surface area contributed by atoms with Crippen LogP contribution >= 0.6 is 15.9 Å². The average Bonchev–Trinajstić information content (AvgIpc) is 2.93. The molecule has 0 saturated carbocycles. The molecule has 1 heterocycles. The number of ether oxygens (including phenoxy) is 1. The van der Waals surface area contributed by atoms with Gasteiger partial charge < -0.3 is 4.74 Å². The summed E-state index contributed by atoms with van der Waals surface area (Å²) in [4.78, 5) is 13.0. The molecule has 0 aliphatic rings. The van der Waals surface area contributed by atoms with Crippen LogP contribution in [0.4, 0.5) is 0 Å². The van der Waals surface area contributed by atoms with E-state index >= 15 is 0 Å². The number of carbonyl (C=O) groups excluding carboxylic acids is 1. The molecule has 0 fully saturated rings. The van der Waals surface area contributed by atoms with E-state index in [1.165, 1.54) is 0 Å². The highest BCUT2D eigenvalue weighted by Crippen LogP contribution is 2.31. The van der Waals surface area contributed by atoms with Gasteiger partial charge in [-0.05, 0) is 46.1 Å². The minimum atomic E-state index is -0.0679. The van der Waals surface area contributed by atoms with Crippen molar-refractivity contribution in [3.05, 3.63) is 64.3 Å². The average molecular weight is 358 g/mol. The SMILES string of the molecule is CCc1cn(C(=O)c2ccccc2Br)c2c(OC)cccc12. The van der Waals surface area contributed by atoms with Gasteiger partial charge >= 0.3 is 0 Å². The van der Waals surface area contributed by atoms with Gasteiger partial charge in [-0.15, -0.1) is 0 Å². The van der Waals surface area contributed by atoms with Crippen LogP contribution < -0.4 is 4.74 Å². The fourth-order valence-corrected chi connectivity index (χ4v) is 3.15. The first kappa shape index (κ1) is 14.9. The fourth-order valence-electron chi connectivity index (χ4n) is 2.69. The first-order valence-electron chi connectivity index (χ1n) is 7.13. The molecule has 112 valence electrons. The first-order chi connectivity index (χ1) is 10.7. The number of aryl methyl sites for hydroxylation is 1. The van der Waals surface area contributed by atoms with Crippen molar-refractivity contribution >= 4 is 32.7 Å². The number of hydrogen-bond donors (Lipinski definition) is 0. The normalized spacial score (nSPS) is 10.9. The predicted molar refractivity (Wildman–Crippen MR) is 91.7 cm³/mol. The van der Waals surface area contributed by atoms with Gasteiger partial charge in [-0.25, -0.2) is 0 Å². The lowest BCUT2D eigenvalue weighted by Gasteiger charge is -2.09. The zero-order chi connectivity index (χ0) is 15.7. The van der Waals surface area contributed by atoms with Gasteiger partial charge in [0.05, 0.1) is 18.2 Å². The lowest BCUT2D eigenvalue weighted by Crippen LogP contribution is -2.11. The monoisotopic (exact) mass is 357 g/mol. The van der Waals surface area contributed by atoms with Crippen LogP contribution in [-0.4, -0.2) is 17.6 Å². The molecule has 0 radical (unpaired) electrons. The van der Waals surface area contributed by atoms with Gasteiger partial charge in [0.15, 0.2) is 0 Å². The summed E-state index contributed by atoms with van der Waals surface area (Å²) < 4.78 is 7.93. The van der Waals surface area contributed by atoms with E-state index in [1.807, 2.05) is 48.7 Å². The Morgan fingerprint density at radius 3 is 2.64 bits per heavy atom. The molecule has 3 rings (SSSR count). The third-order valence-corrected chi connectivity index (χ3v) is 4.49. The zero-order valence-corrected chi connectivity index (χ0v) is 14.1. The van der Waals surface area contributed by atoms with E-state index in [0.717, 1.165) is 27.4 Å². The molecule has 3 nitrogen and oxygen atoms in total. The van der Waals surface area contributed by atoms with Gasteiger partial charge in [0.2, 0.25) is 0 Å². The fraction of sp³-hybridized carbons (Fsp3) is 0.167. The molecular formula is C18H16BrNO2. The third-order valence-electron chi connectivity index (χ3n) is 3.79. The summed E-state index contributed by atoms with van der Waals surface area (Å²) in [7, 11) is 1.63. The number of para-hydroxylation sites is 1. The Bertz CT molecular complexity index is 851. The maximum Gasteiger partial charge on any atom is 0.263 e. The Balaban J connectivity index is 2.27. The molecule has 0 unspecified atom stereocenters. The van der Waals surface area contributed by atoms with E-state index in [1.54, 1.807) is 11.7 Å². The third kappa shape index (κ3) is 2.33. The summed E-state index contributed by atoms with van der Waals surface area (Å²) in [6.45, 7) is 2.08. The van der Waals surface area contributed by atoms with Crippen LogP contribution in [0.25, 0.3) is 10.9 Å². The molecule has 0 atom stereocenters. The molecule has 3 aromatic rings. The number of hydrogen-bond acceptors (Lipinski definition) is 2. The smallest absolute Gasteiger partial charge is 0.263 e. The summed E-state index contributed by atoms with van der Waals surface area (Å²) >= 11 is 3.45. The minimum absolute atomic E-state index is 0.0679. The molecule has 0 saturated heterocycles. The molecular weight excluding hydrogens is 342 g/mol. The van der Waals surface area contributed by atoms with Crippen LogP contribution in [0.3, 0.4) is 0 Å². The summed E-state index contributed by atoms with van der Waals surface area (Å²) in [5.74, 6) is 0.638. The van der Waals surface area contributed by atoms with Crippen molar-refractivity contribution in [1.29, 1.82) is 0 Å². The topological polar surface area (TPSA) is 31.2 Å². The summed E-state index contributed by atoms with van der Waals surface area (Å²) in [6.07, 6.45) is 2.77. The molecule has 1 aromatic heterocycles. The van der Waals surface area contributed by atoms with Crippen LogP contribution in [0.5, 0.6) is 5.75 Å². The highest BCUT2D eigenvalue weighted by Gasteiger charge is 2.19. The zero-order valence-electron chi connectivity index (χ0n) is 12.5. The van der Waals surface area contributed by atoms with Crippen molar-refractivity contribution in [2.45, 2.75) is 13.3 Å². The second-order valence-electron chi connectivity index (χ2n) is 5.02. The number of methoxy groups -OCH3 is 1. The Hall–Kier alpha value is -2.07. The lowest BCUT2D eigenvalue weighted by atomic mass is 10.1. The molecule has 0 N–H and O–H groups in total. The number of aromatic nitrogens is 1. The first-order valence-corrected chi connectivity index (χ1v) is 7.92. The summed E-state index contributed by atoms with van der Waals surface area (Å²) in [5, 5.41) is 1.06. The summed E-state index contributed by atoms with van der Waals surface area (Å²) in [6, 6.07) is 13.3. The highest BCUT2D eigenvalue weighted by atomic mass is 79.9. The van der Waals surface area contributed by atoms with Gasteiger partial charge in [-0.3, -0.25) is 9.36 Å². The lowest BCUT2D eigenvalue weighted by molar-refractivity contribution is 0.0963. The molecule has 0 spiro atoms. The minimum Gasteiger partial charge on any atom is -0.495 e. The Kier molecular flexibility index (Phi) is 4.03. The molecule has 4 heteroatoms. The van der Waals surface area contributed by atoms with Crippen molar-refractivity contribution in [3.8, 4) is 5.75 Å². The van der Waals surface area contributed by atoms with Crippen LogP contribution in [-0.2, 0) is 6.42 Å². The molecule has 0 bridgehead atoms. The van der Waals surface area contributed by atoms with Crippen LogP contribution in [0, 0.1) is 0 Å². The predicted octanol–water partition coefficient (Wildman–Crippen LogP) is 4.66. The van der Waals surface area contributed by atoms with Gasteiger partial charge in [0, 0.05) is 16.1 Å². The Morgan fingerprint density at radius 2 is 1.95 bits per heavy atom. The van der Waals surface area contributed by atoms with Crippen LogP contribution in [0.1, 0.15) is 22.8 Å². The molecule has 22 heavy (non-hydrogen) atoms. The number of benzene rings is 2. The standard InChI is InChI=1S/C18H16BrNO2/c1-3-12-11-20(17-13(12)8-6-10-16(17)22-2)18(21)14-7-4-5-9-15(14)19/h4-11H,3H2,1-2H3. The Labute approximate surface area is 137 Å². The maximum absolute atomic E-state index is 13.0. The Morgan fingerprint density at radius 1 is 1.18 bits per heavy atom. The van der Waals surface area contributed by atoms with E-state index < -0.39 is 0 Å². The number of nitrogens with zero attached hydrogens (tertiary/aromatic N) is 1. The van der Waals surface area contributed by atoms with E-state index in [0.29, 0.717) is 11.3 Å². The van der Waals surface area contributed by atoms with Crippen molar-refractivity contribution < 1.29 is 9.53 Å². The van der Waals surface area contributed by atoms with Crippen LogP contribution in [0.2, 0.25) is 0 Å². The summed E-state index contributed by atoms with van der Waals surface area (Å²) in [5.41, 5.74) is 2.59. The largest absolute Gasteiger partial charge is 0.495 e. The molecule has 2 aromatic carbocycles. The van der Waals surface area contributed by atoms with Crippen molar-refractivity contribution in [1.82, 2.24) is 4.57 Å². The number of carbonyl (C=O) groups is 1. The van der Waals surface area contributed by atoms with E-state index in [9.17, 15) is 4.79 Å². The molecule has 0 aliphatic heterocycles. The number of halogens is 1. The van der Waals surface area contributed by atoms with E-state index in [4.69, 9.17) is 4.74 Å². The molecule has 0 aliphatic carbocycles. The van der Waals surface area contributed by atoms with Crippen LogP contribution in [0.15, 0.2) is 53.1 Å². The highest BCUT2D eigenvalue weighted by molar-refractivity contribution is 9.10. The number of rotatable bonds is 3. The number of fused-ring (bicyclic) bond motifs is 1. The van der Waals surface area contributed by atoms with Gasteiger partial charge in [0.25, 0.3) is 5.91 Å². The van der Waals surface area contributed by atoms with Crippen molar-refractivity contribution in [3.63, 3.8) is 0 Å². The van der Waals surface area contributed by atoms with E-state index in [2.05, 4.69) is 22.9 Å². The van der Waals surface area contributed by atoms with Gasteiger partial charge in [-0.2, -0.15) is 0 Å². The van der Waals surface area contributed by atoms with Crippen molar-refractivity contribution in [2.24, 2.45) is 0 Å². The second kappa shape index (κ2) is 5.97. The van der Waals surface area contributed by atoms with Gasteiger partial charge in [-0.1, -0.05) is 31.2 Å². The molecule has 0 amide bonds. The van der Waals surface area contributed by atoms with E-state index in [-0.39, 0.29) is 5.91 Å².